The average Bonchev–Trinajstić information content (AvgIpc) is 3.08. The third kappa shape index (κ3) is 8.51. The van der Waals surface area contributed by atoms with E-state index >= 15 is 0 Å². The summed E-state index contributed by atoms with van der Waals surface area (Å²) >= 11 is 26.6. The lowest BCUT2D eigenvalue weighted by molar-refractivity contribution is -0.439. The second-order valence-corrected chi connectivity index (χ2v) is 14.5. The molecule has 0 aromatic heterocycles. The van der Waals surface area contributed by atoms with Crippen molar-refractivity contribution in [3.8, 4) is 0 Å². The van der Waals surface area contributed by atoms with E-state index in [9.17, 15) is 13.0 Å². The van der Waals surface area contributed by atoms with Gasteiger partial charge in [-0.15, -0.1) is 0 Å². The highest BCUT2D eigenvalue weighted by molar-refractivity contribution is 7.85. The summed E-state index contributed by atoms with van der Waals surface area (Å²) < 4.78 is 39.6. The molecule has 0 amide bonds. The van der Waals surface area contributed by atoms with Crippen LogP contribution in [0.1, 0.15) is 50.7 Å². The fourth-order valence-electron chi connectivity index (χ4n) is 5.85. The van der Waals surface area contributed by atoms with Crippen molar-refractivity contribution in [3.05, 3.63) is 146 Å². The minimum absolute atomic E-state index is 0.294. The first-order valence-corrected chi connectivity index (χ1v) is 19.0. The lowest BCUT2D eigenvalue weighted by Crippen LogP contribution is -2.19. The van der Waals surface area contributed by atoms with Crippen LogP contribution in [0.2, 0.25) is 20.1 Å². The average molecular weight is 755 g/mol. The van der Waals surface area contributed by atoms with Crippen LogP contribution in [0.25, 0.3) is 5.57 Å². The Morgan fingerprint density at radius 3 is 1.86 bits per heavy atom. The molecule has 1 aliphatic rings. The molecule has 0 radical (unpaired) electrons. The van der Waals surface area contributed by atoms with Crippen molar-refractivity contribution in [1.82, 2.24) is 0 Å². The highest BCUT2D eigenvalue weighted by Gasteiger charge is 2.24. The van der Waals surface area contributed by atoms with Crippen molar-refractivity contribution in [3.63, 3.8) is 0 Å². The Kier molecular flexibility index (Phi) is 12.5. The van der Waals surface area contributed by atoms with Crippen LogP contribution in [0.15, 0.2) is 120 Å². The Bertz CT molecular complexity index is 2010. The summed E-state index contributed by atoms with van der Waals surface area (Å²) in [7, 11) is -4.80. The van der Waals surface area contributed by atoms with Gasteiger partial charge in [0.25, 0.3) is 0 Å². The van der Waals surface area contributed by atoms with E-state index in [1.807, 2.05) is 85.0 Å². The number of halogens is 4. The van der Waals surface area contributed by atoms with Crippen LogP contribution < -0.4 is 4.90 Å². The highest BCUT2D eigenvalue weighted by atomic mass is 35.5. The molecule has 0 aliphatic heterocycles. The Labute approximate surface area is 309 Å². The molecule has 5 rings (SSSR count). The van der Waals surface area contributed by atoms with E-state index in [2.05, 4.69) is 23.3 Å². The maximum atomic E-state index is 12.5. The first-order valence-electron chi connectivity index (χ1n) is 16.1. The van der Waals surface area contributed by atoms with Gasteiger partial charge in [0.05, 0.1) is 20.6 Å². The summed E-state index contributed by atoms with van der Waals surface area (Å²) in [5, 5.41) is 2.17. The topological polar surface area (TPSA) is 63.5 Å². The number of allylic oxidation sites excluding steroid dienone is 5. The number of hydrogen-bond donors (Lipinski definition) is 0. The number of benzene rings is 4. The lowest BCUT2D eigenvalue weighted by Gasteiger charge is -2.27. The zero-order valence-corrected chi connectivity index (χ0v) is 31.0. The standard InChI is InChI=1S/C39H36Cl4N2O3S/c1-3-5-25-44(38-32(40)12-9-13-33(38)41)29-21-17-27(18-22-29)37(31-11-7-8-16-36(31)49(46,47)48)28-19-23-30(24-20-28)45(26-6-4-2)39-34(42)14-10-15-35(39)43/h7-24H,3-6,25-26H2,1-2H3. The molecule has 1 aliphatic carbocycles. The van der Waals surface area contributed by atoms with Crippen LogP contribution in [0.3, 0.4) is 0 Å². The van der Waals surface area contributed by atoms with Gasteiger partial charge in [0.15, 0.2) is 0 Å². The Morgan fingerprint density at radius 1 is 0.714 bits per heavy atom. The predicted octanol–water partition coefficient (Wildman–Crippen LogP) is 11.7. The predicted molar refractivity (Wildman–Crippen MR) is 205 cm³/mol. The highest BCUT2D eigenvalue weighted by Crippen LogP contribution is 2.40. The van der Waals surface area contributed by atoms with Crippen LogP contribution in [-0.2, 0) is 10.1 Å². The number of nitrogens with zero attached hydrogens (tertiary/aromatic N) is 2. The summed E-state index contributed by atoms with van der Waals surface area (Å²) in [5.41, 5.74) is 5.55. The van der Waals surface area contributed by atoms with Crippen molar-refractivity contribution in [2.75, 3.05) is 18.0 Å². The SMILES string of the molecule is CCCCN(c1ccc(C(=C2C=CC(=[N+](CCCC)c3c(Cl)cccc3Cl)C=C2)c2ccccc2S(=O)(=O)[O-])cc1)c1c(Cl)cccc1Cl. The number of hydrogen-bond acceptors (Lipinski definition) is 4. The van der Waals surface area contributed by atoms with Crippen molar-refractivity contribution < 1.29 is 17.5 Å². The van der Waals surface area contributed by atoms with Gasteiger partial charge in [-0.1, -0.05) is 116 Å². The van der Waals surface area contributed by atoms with Gasteiger partial charge in [0.1, 0.15) is 26.7 Å². The summed E-state index contributed by atoms with van der Waals surface area (Å²) in [4.78, 5) is 1.80. The van der Waals surface area contributed by atoms with Crippen molar-refractivity contribution >= 4 is 84.9 Å². The molecular weight excluding hydrogens is 718 g/mol. The van der Waals surface area contributed by atoms with Crippen molar-refractivity contribution in [2.45, 2.75) is 44.4 Å². The van der Waals surface area contributed by atoms with E-state index < -0.39 is 10.1 Å². The smallest absolute Gasteiger partial charge is 0.243 e. The molecule has 5 nitrogen and oxygen atoms in total. The molecule has 49 heavy (non-hydrogen) atoms. The van der Waals surface area contributed by atoms with Crippen LogP contribution in [0, 0.1) is 0 Å². The van der Waals surface area contributed by atoms with E-state index in [1.165, 1.54) is 6.07 Å². The molecule has 0 saturated carbocycles. The first-order chi connectivity index (χ1) is 23.5. The number of anilines is 2. The fourth-order valence-corrected chi connectivity index (χ4v) is 7.74. The van der Waals surface area contributed by atoms with Gasteiger partial charge in [-0.05, 0) is 77.7 Å². The number of rotatable bonds is 12. The largest absolute Gasteiger partial charge is 0.744 e. The van der Waals surface area contributed by atoms with Gasteiger partial charge in [0.2, 0.25) is 11.4 Å². The van der Waals surface area contributed by atoms with Crippen LogP contribution >= 0.6 is 46.4 Å². The molecule has 0 heterocycles. The first kappa shape index (κ1) is 36.9. The molecule has 10 heteroatoms. The molecule has 0 bridgehead atoms. The molecule has 0 fully saturated rings. The quantitative estimate of drug-likeness (QED) is 0.107. The van der Waals surface area contributed by atoms with E-state index in [0.29, 0.717) is 44.3 Å². The van der Waals surface area contributed by atoms with Crippen molar-refractivity contribution in [1.29, 1.82) is 0 Å². The molecule has 0 saturated heterocycles. The Balaban J connectivity index is 1.67. The van der Waals surface area contributed by atoms with E-state index in [4.69, 9.17) is 46.4 Å². The van der Waals surface area contributed by atoms with Gasteiger partial charge in [-0.3, -0.25) is 0 Å². The zero-order valence-electron chi connectivity index (χ0n) is 27.2. The van der Waals surface area contributed by atoms with Gasteiger partial charge in [-0.2, -0.15) is 4.58 Å². The number of para-hydroxylation sites is 2. The molecular formula is C39H36Cl4N2O3S. The lowest BCUT2D eigenvalue weighted by atomic mass is 9.90. The fraction of sp³-hybridized carbons (Fsp3) is 0.205. The minimum atomic E-state index is -4.80. The molecule has 4 aromatic carbocycles. The molecule has 0 N–H and O–H groups in total. The maximum absolute atomic E-state index is 12.5. The van der Waals surface area contributed by atoms with Crippen LogP contribution in [0.4, 0.5) is 17.1 Å². The molecule has 254 valence electrons. The monoisotopic (exact) mass is 752 g/mol. The molecule has 0 atom stereocenters. The summed E-state index contributed by atoms with van der Waals surface area (Å²) in [5.74, 6) is 0. The Hall–Kier alpha value is -3.36. The molecule has 0 spiro atoms. The van der Waals surface area contributed by atoms with E-state index in [-0.39, 0.29) is 4.90 Å². The van der Waals surface area contributed by atoms with E-state index in [1.54, 1.807) is 18.2 Å². The Morgan fingerprint density at radius 2 is 1.29 bits per heavy atom. The second-order valence-electron chi connectivity index (χ2n) is 11.6. The zero-order chi connectivity index (χ0) is 35.1. The minimum Gasteiger partial charge on any atom is -0.744 e. The maximum Gasteiger partial charge on any atom is 0.243 e. The summed E-state index contributed by atoms with van der Waals surface area (Å²) in [6, 6.07) is 24.9. The normalized spacial score (nSPS) is 12.8. The van der Waals surface area contributed by atoms with Gasteiger partial charge >= 0.3 is 0 Å². The third-order valence-corrected chi connectivity index (χ3v) is 10.4. The van der Waals surface area contributed by atoms with Crippen molar-refractivity contribution in [2.24, 2.45) is 0 Å². The summed E-state index contributed by atoms with van der Waals surface area (Å²) in [6.07, 6.45) is 11.5. The number of unbranched alkanes of at least 4 members (excludes halogenated alkanes) is 2. The van der Waals surface area contributed by atoms with Gasteiger partial charge in [-0.25, -0.2) is 8.42 Å². The van der Waals surface area contributed by atoms with Gasteiger partial charge < -0.3 is 9.45 Å². The molecule has 4 aromatic rings. The second kappa shape index (κ2) is 16.6. The van der Waals surface area contributed by atoms with E-state index in [0.717, 1.165) is 59.6 Å². The van der Waals surface area contributed by atoms with Crippen LogP contribution in [-0.4, -0.2) is 36.3 Å². The molecule has 0 unspecified atom stereocenters. The third-order valence-electron chi connectivity index (χ3n) is 8.25. The summed E-state index contributed by atoms with van der Waals surface area (Å²) in [6.45, 7) is 5.63. The van der Waals surface area contributed by atoms with Crippen LogP contribution in [0.5, 0.6) is 0 Å². The van der Waals surface area contributed by atoms with Gasteiger partial charge in [0, 0.05) is 36.4 Å².